The lowest BCUT2D eigenvalue weighted by molar-refractivity contribution is -0.121. The van der Waals surface area contributed by atoms with Crippen LogP contribution in [-0.2, 0) is 22.4 Å². The quantitative estimate of drug-likeness (QED) is 0.892. The van der Waals surface area contributed by atoms with E-state index in [-0.39, 0.29) is 17.9 Å². The van der Waals surface area contributed by atoms with Crippen molar-refractivity contribution in [3.8, 4) is 0 Å². The molecule has 2 atom stereocenters. The van der Waals surface area contributed by atoms with Crippen molar-refractivity contribution in [3.05, 3.63) is 21.4 Å². The number of hydrogen-bond donors (Lipinski definition) is 1. The Morgan fingerprint density at radius 1 is 1.67 bits per heavy atom. The Bertz CT molecular complexity index is 427. The molecule has 1 aliphatic rings. The minimum Gasteiger partial charge on any atom is -0.374 e. The maximum atomic E-state index is 11.1. The fraction of sp³-hybridized carbons (Fsp3) is 0.643. The molecule has 0 bridgehead atoms. The number of carbonyl (C=O) groups is 1. The molecule has 3 nitrogen and oxygen atoms in total. The summed E-state index contributed by atoms with van der Waals surface area (Å²) in [6.45, 7) is 4.69. The number of fused-ring (bicyclic) bond motifs is 1. The maximum absolute atomic E-state index is 11.1. The Balaban J connectivity index is 2.14. The van der Waals surface area contributed by atoms with Crippen LogP contribution in [0.2, 0.25) is 0 Å². The molecule has 2 rings (SSSR count). The average Bonchev–Trinajstić information content (AvgIpc) is 2.72. The highest BCUT2D eigenvalue weighted by atomic mass is 32.1. The van der Waals surface area contributed by atoms with Crippen LogP contribution in [0.1, 0.15) is 48.1 Å². The van der Waals surface area contributed by atoms with E-state index in [4.69, 9.17) is 10.5 Å². The van der Waals surface area contributed by atoms with Gasteiger partial charge in [0.25, 0.3) is 0 Å². The third kappa shape index (κ3) is 2.93. The molecular weight excluding hydrogens is 246 g/mol. The van der Waals surface area contributed by atoms with Crippen molar-refractivity contribution >= 4 is 17.2 Å². The molecule has 0 aromatic carbocycles. The minimum absolute atomic E-state index is 0.0874. The van der Waals surface area contributed by atoms with Crippen LogP contribution in [0.25, 0.3) is 0 Å². The summed E-state index contributed by atoms with van der Waals surface area (Å²) in [5, 5.41) is 0. The Morgan fingerprint density at radius 3 is 3.11 bits per heavy atom. The van der Waals surface area contributed by atoms with Crippen LogP contribution in [0, 0.1) is 5.92 Å². The van der Waals surface area contributed by atoms with Gasteiger partial charge in [0.05, 0.1) is 6.10 Å². The first-order valence-electron chi connectivity index (χ1n) is 6.64. The zero-order valence-electron chi connectivity index (χ0n) is 11.1. The molecule has 1 aromatic heterocycles. The molecule has 1 aromatic rings. The van der Waals surface area contributed by atoms with Gasteiger partial charge in [0.2, 0.25) is 5.91 Å². The van der Waals surface area contributed by atoms with Gasteiger partial charge in [-0.25, -0.2) is 0 Å². The predicted octanol–water partition coefficient (Wildman–Crippen LogP) is 2.83. The number of rotatable bonds is 5. The SMILES string of the molecule is CCOC1CCCc2sc(CC(C)C(N)=O)cc21. The van der Waals surface area contributed by atoms with E-state index in [9.17, 15) is 4.79 Å². The molecule has 100 valence electrons. The van der Waals surface area contributed by atoms with E-state index in [0.29, 0.717) is 0 Å². The van der Waals surface area contributed by atoms with E-state index in [1.165, 1.54) is 21.7 Å². The average molecular weight is 267 g/mol. The third-order valence-corrected chi connectivity index (χ3v) is 4.70. The fourth-order valence-corrected chi connectivity index (χ4v) is 3.84. The van der Waals surface area contributed by atoms with E-state index in [2.05, 4.69) is 6.07 Å². The number of thiophene rings is 1. The van der Waals surface area contributed by atoms with Crippen molar-refractivity contribution in [2.75, 3.05) is 6.61 Å². The summed E-state index contributed by atoms with van der Waals surface area (Å²) in [4.78, 5) is 13.8. The van der Waals surface area contributed by atoms with Gasteiger partial charge in [-0.2, -0.15) is 0 Å². The number of ether oxygens (including phenoxy) is 1. The van der Waals surface area contributed by atoms with Crippen molar-refractivity contribution in [3.63, 3.8) is 0 Å². The van der Waals surface area contributed by atoms with Crippen LogP contribution < -0.4 is 5.73 Å². The lowest BCUT2D eigenvalue weighted by Gasteiger charge is -2.22. The highest BCUT2D eigenvalue weighted by Crippen LogP contribution is 2.38. The van der Waals surface area contributed by atoms with E-state index in [1.807, 2.05) is 25.2 Å². The second-order valence-corrected chi connectivity index (χ2v) is 6.16. The number of amides is 1. The number of nitrogens with two attached hydrogens (primary N) is 1. The van der Waals surface area contributed by atoms with Crippen molar-refractivity contribution in [1.82, 2.24) is 0 Å². The molecule has 18 heavy (non-hydrogen) atoms. The lowest BCUT2D eigenvalue weighted by Crippen LogP contribution is -2.21. The molecule has 4 heteroatoms. The molecule has 2 unspecified atom stereocenters. The molecule has 0 fully saturated rings. The second kappa shape index (κ2) is 5.85. The normalized spacial score (nSPS) is 20.4. The summed E-state index contributed by atoms with van der Waals surface area (Å²) in [6.07, 6.45) is 4.47. The Labute approximate surface area is 112 Å². The van der Waals surface area contributed by atoms with Gasteiger partial charge in [-0.3, -0.25) is 4.79 Å². The van der Waals surface area contributed by atoms with E-state index in [0.717, 1.165) is 25.9 Å². The number of aryl methyl sites for hydroxylation is 1. The Morgan fingerprint density at radius 2 is 2.44 bits per heavy atom. The highest BCUT2D eigenvalue weighted by Gasteiger charge is 2.24. The van der Waals surface area contributed by atoms with Crippen LogP contribution in [-0.4, -0.2) is 12.5 Å². The van der Waals surface area contributed by atoms with Crippen molar-refractivity contribution < 1.29 is 9.53 Å². The molecule has 0 spiro atoms. The molecule has 1 heterocycles. The van der Waals surface area contributed by atoms with Crippen LogP contribution in [0.15, 0.2) is 6.07 Å². The minimum atomic E-state index is -0.220. The van der Waals surface area contributed by atoms with Crippen molar-refractivity contribution in [2.24, 2.45) is 11.7 Å². The zero-order chi connectivity index (χ0) is 13.1. The van der Waals surface area contributed by atoms with Gasteiger partial charge in [0, 0.05) is 22.3 Å². The largest absolute Gasteiger partial charge is 0.374 e. The van der Waals surface area contributed by atoms with Crippen LogP contribution in [0.4, 0.5) is 0 Å². The predicted molar refractivity (Wildman–Crippen MR) is 73.7 cm³/mol. The first kappa shape index (κ1) is 13.6. The monoisotopic (exact) mass is 267 g/mol. The van der Waals surface area contributed by atoms with Gasteiger partial charge < -0.3 is 10.5 Å². The number of primary amides is 1. The summed E-state index contributed by atoms with van der Waals surface area (Å²) in [6, 6.07) is 2.22. The highest BCUT2D eigenvalue weighted by molar-refractivity contribution is 7.12. The molecule has 0 saturated heterocycles. The first-order valence-corrected chi connectivity index (χ1v) is 7.45. The summed E-state index contributed by atoms with van der Waals surface area (Å²) >= 11 is 1.82. The summed E-state index contributed by atoms with van der Waals surface area (Å²) in [5.41, 5.74) is 6.67. The maximum Gasteiger partial charge on any atom is 0.220 e. The summed E-state index contributed by atoms with van der Waals surface area (Å²) in [5.74, 6) is -0.307. The van der Waals surface area contributed by atoms with Gasteiger partial charge in [-0.15, -0.1) is 11.3 Å². The van der Waals surface area contributed by atoms with Crippen LogP contribution >= 0.6 is 11.3 Å². The number of carbonyl (C=O) groups excluding carboxylic acids is 1. The van der Waals surface area contributed by atoms with E-state index >= 15 is 0 Å². The van der Waals surface area contributed by atoms with Gasteiger partial charge in [0.15, 0.2) is 0 Å². The zero-order valence-corrected chi connectivity index (χ0v) is 11.9. The number of hydrogen-bond acceptors (Lipinski definition) is 3. The van der Waals surface area contributed by atoms with Gasteiger partial charge >= 0.3 is 0 Å². The van der Waals surface area contributed by atoms with Gasteiger partial charge in [-0.05, 0) is 44.2 Å². The standard InChI is InChI=1S/C14H21NO2S/c1-3-17-12-5-4-6-13-11(12)8-10(18-13)7-9(2)14(15)16/h8-9,12H,3-7H2,1-2H3,(H2,15,16). The van der Waals surface area contributed by atoms with E-state index in [1.54, 1.807) is 0 Å². The van der Waals surface area contributed by atoms with E-state index < -0.39 is 0 Å². The second-order valence-electron chi connectivity index (χ2n) is 4.93. The van der Waals surface area contributed by atoms with Crippen LogP contribution in [0.5, 0.6) is 0 Å². The Kier molecular flexibility index (Phi) is 4.40. The first-order chi connectivity index (χ1) is 8.61. The lowest BCUT2D eigenvalue weighted by atomic mass is 9.95. The third-order valence-electron chi connectivity index (χ3n) is 3.47. The van der Waals surface area contributed by atoms with Crippen LogP contribution in [0.3, 0.4) is 0 Å². The molecule has 2 N–H and O–H groups in total. The molecule has 1 aliphatic carbocycles. The van der Waals surface area contributed by atoms with Gasteiger partial charge in [-0.1, -0.05) is 6.92 Å². The summed E-state index contributed by atoms with van der Waals surface area (Å²) in [7, 11) is 0. The molecule has 0 radical (unpaired) electrons. The van der Waals surface area contributed by atoms with Crippen molar-refractivity contribution in [2.45, 2.75) is 45.6 Å². The smallest absolute Gasteiger partial charge is 0.220 e. The molecular formula is C14H21NO2S. The fourth-order valence-electron chi connectivity index (χ4n) is 2.45. The molecule has 0 saturated carbocycles. The Hall–Kier alpha value is -0.870. The molecule has 0 aliphatic heterocycles. The topological polar surface area (TPSA) is 52.3 Å². The van der Waals surface area contributed by atoms with Gasteiger partial charge in [0.1, 0.15) is 0 Å². The van der Waals surface area contributed by atoms with Crippen molar-refractivity contribution in [1.29, 1.82) is 0 Å². The summed E-state index contributed by atoms with van der Waals surface area (Å²) < 4.78 is 5.79. The molecule has 1 amide bonds.